The SMILES string of the molecule is CCn1cc(-c2n[nH]nc2C(=O)O)cn1. The highest BCUT2D eigenvalue weighted by atomic mass is 16.4. The highest BCUT2D eigenvalue weighted by Gasteiger charge is 2.17. The molecule has 15 heavy (non-hydrogen) atoms. The average Bonchev–Trinajstić information content (AvgIpc) is 2.85. The third-order valence-corrected chi connectivity index (χ3v) is 1.98. The van der Waals surface area contributed by atoms with Crippen molar-refractivity contribution < 1.29 is 9.90 Å². The molecule has 7 nitrogen and oxygen atoms in total. The summed E-state index contributed by atoms with van der Waals surface area (Å²) in [5, 5.41) is 22.5. The summed E-state index contributed by atoms with van der Waals surface area (Å²) in [6, 6.07) is 0. The molecular formula is C8H9N5O2. The standard InChI is InChI=1S/C8H9N5O2/c1-2-13-4-5(3-9-13)6-7(8(14)15)11-12-10-6/h3-4H,2H2,1H3,(H,14,15)(H,10,11,12). The molecule has 0 fully saturated rings. The Morgan fingerprint density at radius 3 is 3.00 bits per heavy atom. The van der Waals surface area contributed by atoms with Gasteiger partial charge in [0, 0.05) is 18.3 Å². The molecule has 2 heterocycles. The largest absolute Gasteiger partial charge is 0.476 e. The molecule has 0 saturated heterocycles. The van der Waals surface area contributed by atoms with Crippen LogP contribution in [0.15, 0.2) is 12.4 Å². The van der Waals surface area contributed by atoms with Crippen LogP contribution in [0.25, 0.3) is 11.3 Å². The predicted molar refractivity (Wildman–Crippen MR) is 50.2 cm³/mol. The summed E-state index contributed by atoms with van der Waals surface area (Å²) in [5.41, 5.74) is 0.857. The number of aromatic amines is 1. The number of carboxylic acid groups (broad SMARTS) is 1. The van der Waals surface area contributed by atoms with E-state index in [4.69, 9.17) is 5.11 Å². The number of nitrogens with zero attached hydrogens (tertiary/aromatic N) is 4. The Bertz CT molecular complexity index is 487. The molecule has 0 radical (unpaired) electrons. The summed E-state index contributed by atoms with van der Waals surface area (Å²) in [4.78, 5) is 10.8. The van der Waals surface area contributed by atoms with E-state index in [9.17, 15) is 4.79 Å². The molecule has 2 aromatic heterocycles. The first kappa shape index (κ1) is 9.38. The molecule has 2 aromatic rings. The fourth-order valence-electron chi connectivity index (χ4n) is 1.24. The van der Waals surface area contributed by atoms with Gasteiger partial charge in [-0.1, -0.05) is 0 Å². The Morgan fingerprint density at radius 1 is 1.60 bits per heavy atom. The molecule has 0 saturated carbocycles. The van der Waals surface area contributed by atoms with Crippen LogP contribution in [0, 0.1) is 0 Å². The molecule has 0 atom stereocenters. The molecule has 0 amide bonds. The van der Waals surface area contributed by atoms with E-state index in [0.29, 0.717) is 11.3 Å². The van der Waals surface area contributed by atoms with Crippen molar-refractivity contribution in [1.29, 1.82) is 0 Å². The quantitative estimate of drug-likeness (QED) is 0.758. The highest BCUT2D eigenvalue weighted by Crippen LogP contribution is 2.18. The van der Waals surface area contributed by atoms with Gasteiger partial charge in [-0.05, 0) is 6.92 Å². The molecule has 0 aliphatic heterocycles. The monoisotopic (exact) mass is 207 g/mol. The first-order valence-electron chi connectivity index (χ1n) is 4.39. The van der Waals surface area contributed by atoms with Gasteiger partial charge < -0.3 is 5.11 Å². The van der Waals surface area contributed by atoms with Crippen LogP contribution >= 0.6 is 0 Å². The molecule has 2 rings (SSSR count). The van der Waals surface area contributed by atoms with Crippen LogP contribution in [-0.4, -0.2) is 36.3 Å². The van der Waals surface area contributed by atoms with E-state index in [1.807, 2.05) is 6.92 Å². The maximum absolute atomic E-state index is 10.8. The summed E-state index contributed by atoms with van der Waals surface area (Å²) in [6.07, 6.45) is 3.29. The second-order valence-electron chi connectivity index (χ2n) is 2.91. The summed E-state index contributed by atoms with van der Waals surface area (Å²) in [6.45, 7) is 2.66. The number of hydrogen-bond acceptors (Lipinski definition) is 4. The molecule has 0 bridgehead atoms. The third-order valence-electron chi connectivity index (χ3n) is 1.98. The first-order valence-corrected chi connectivity index (χ1v) is 4.39. The van der Waals surface area contributed by atoms with E-state index in [1.54, 1.807) is 17.1 Å². The summed E-state index contributed by atoms with van der Waals surface area (Å²) < 4.78 is 1.69. The number of aromatic nitrogens is 5. The Balaban J connectivity index is 2.44. The lowest BCUT2D eigenvalue weighted by Crippen LogP contribution is -1.99. The van der Waals surface area contributed by atoms with Crippen molar-refractivity contribution in [2.75, 3.05) is 0 Å². The van der Waals surface area contributed by atoms with Crippen molar-refractivity contribution in [3.63, 3.8) is 0 Å². The number of rotatable bonds is 3. The van der Waals surface area contributed by atoms with E-state index in [-0.39, 0.29) is 5.69 Å². The van der Waals surface area contributed by atoms with Gasteiger partial charge >= 0.3 is 5.97 Å². The zero-order valence-electron chi connectivity index (χ0n) is 8.01. The zero-order chi connectivity index (χ0) is 10.8. The minimum absolute atomic E-state index is 0.0920. The average molecular weight is 207 g/mol. The van der Waals surface area contributed by atoms with Crippen LogP contribution in [0.2, 0.25) is 0 Å². The Morgan fingerprint density at radius 2 is 2.40 bits per heavy atom. The molecule has 0 aliphatic carbocycles. The molecule has 0 aromatic carbocycles. The lowest BCUT2D eigenvalue weighted by Gasteiger charge is -1.92. The number of H-pyrrole nitrogens is 1. The van der Waals surface area contributed by atoms with Crippen molar-refractivity contribution in [1.82, 2.24) is 25.2 Å². The van der Waals surface area contributed by atoms with Gasteiger partial charge in [0.2, 0.25) is 0 Å². The van der Waals surface area contributed by atoms with Gasteiger partial charge in [0.1, 0.15) is 5.69 Å². The van der Waals surface area contributed by atoms with Crippen molar-refractivity contribution in [2.45, 2.75) is 13.5 Å². The highest BCUT2D eigenvalue weighted by molar-refractivity contribution is 5.92. The van der Waals surface area contributed by atoms with E-state index in [1.165, 1.54) is 0 Å². The van der Waals surface area contributed by atoms with Gasteiger partial charge in [-0.25, -0.2) is 4.79 Å². The van der Waals surface area contributed by atoms with E-state index in [2.05, 4.69) is 20.5 Å². The van der Waals surface area contributed by atoms with Crippen molar-refractivity contribution in [2.24, 2.45) is 0 Å². The Hall–Kier alpha value is -2.18. The lowest BCUT2D eigenvalue weighted by atomic mass is 10.2. The van der Waals surface area contributed by atoms with Crippen LogP contribution in [0.4, 0.5) is 0 Å². The van der Waals surface area contributed by atoms with Gasteiger partial charge in [0.25, 0.3) is 0 Å². The molecule has 0 aliphatic rings. The van der Waals surface area contributed by atoms with Crippen LogP contribution in [0.5, 0.6) is 0 Å². The minimum Gasteiger partial charge on any atom is -0.476 e. The van der Waals surface area contributed by atoms with Crippen LogP contribution in [-0.2, 0) is 6.54 Å². The molecule has 7 heteroatoms. The number of hydrogen-bond donors (Lipinski definition) is 2. The normalized spacial score (nSPS) is 10.5. The minimum atomic E-state index is -1.11. The molecule has 0 spiro atoms. The Kier molecular flexibility index (Phi) is 2.20. The number of carbonyl (C=O) groups is 1. The smallest absolute Gasteiger partial charge is 0.358 e. The summed E-state index contributed by atoms with van der Waals surface area (Å²) >= 11 is 0. The maximum atomic E-state index is 10.8. The summed E-state index contributed by atoms with van der Waals surface area (Å²) in [7, 11) is 0. The second-order valence-corrected chi connectivity index (χ2v) is 2.91. The number of nitrogens with one attached hydrogen (secondary N) is 1. The van der Waals surface area contributed by atoms with Crippen LogP contribution in [0.3, 0.4) is 0 Å². The zero-order valence-corrected chi connectivity index (χ0v) is 8.01. The van der Waals surface area contributed by atoms with Gasteiger partial charge in [0.05, 0.1) is 6.20 Å². The number of aromatic carboxylic acids is 1. The molecule has 2 N–H and O–H groups in total. The van der Waals surface area contributed by atoms with Crippen LogP contribution in [0.1, 0.15) is 17.4 Å². The first-order chi connectivity index (χ1) is 7.22. The van der Waals surface area contributed by atoms with Crippen molar-refractivity contribution >= 4 is 5.97 Å². The third kappa shape index (κ3) is 1.58. The van der Waals surface area contributed by atoms with E-state index >= 15 is 0 Å². The predicted octanol–water partition coefficient (Wildman–Crippen LogP) is 0.386. The van der Waals surface area contributed by atoms with Gasteiger partial charge in [0.15, 0.2) is 5.69 Å². The van der Waals surface area contributed by atoms with Crippen molar-refractivity contribution in [3.8, 4) is 11.3 Å². The van der Waals surface area contributed by atoms with Gasteiger partial charge in [-0.3, -0.25) is 4.68 Å². The maximum Gasteiger partial charge on any atom is 0.358 e. The molecular weight excluding hydrogens is 198 g/mol. The van der Waals surface area contributed by atoms with Crippen molar-refractivity contribution in [3.05, 3.63) is 18.1 Å². The fourth-order valence-corrected chi connectivity index (χ4v) is 1.24. The second kappa shape index (κ2) is 3.52. The van der Waals surface area contributed by atoms with E-state index in [0.717, 1.165) is 6.54 Å². The number of carboxylic acids is 1. The number of aryl methyl sites for hydroxylation is 1. The lowest BCUT2D eigenvalue weighted by molar-refractivity contribution is 0.0691. The Labute approximate surface area is 84.7 Å². The molecule has 0 unspecified atom stereocenters. The van der Waals surface area contributed by atoms with Gasteiger partial charge in [-0.15, -0.1) is 5.10 Å². The van der Waals surface area contributed by atoms with Gasteiger partial charge in [-0.2, -0.15) is 15.4 Å². The molecule has 78 valence electrons. The topological polar surface area (TPSA) is 96.7 Å². The summed E-state index contributed by atoms with van der Waals surface area (Å²) in [5.74, 6) is -1.11. The van der Waals surface area contributed by atoms with Crippen LogP contribution < -0.4 is 0 Å². The van der Waals surface area contributed by atoms with E-state index < -0.39 is 5.97 Å². The fraction of sp³-hybridized carbons (Fsp3) is 0.250.